The molecule has 3 heteroatoms. The molecule has 0 saturated carbocycles. The fourth-order valence-corrected chi connectivity index (χ4v) is 0.939. The second kappa shape index (κ2) is 3.96. The standard InChI is InChI=1S/C10H11NO2/c1-7(8(2)12)10(13)9-3-5-11-6-4-9/h3-6,10,13H,1H2,2H3. The van der Waals surface area contributed by atoms with E-state index in [0.717, 1.165) is 0 Å². The van der Waals surface area contributed by atoms with Crippen molar-refractivity contribution in [1.29, 1.82) is 0 Å². The highest BCUT2D eigenvalue weighted by molar-refractivity contribution is 5.93. The number of Topliss-reactive ketones (excluding diaryl/α,β-unsaturated/α-hetero) is 1. The Kier molecular flexibility index (Phi) is 2.93. The SMILES string of the molecule is C=C(C(C)=O)C(O)c1ccncc1. The maximum Gasteiger partial charge on any atom is 0.158 e. The molecule has 0 fully saturated rings. The van der Waals surface area contributed by atoms with E-state index in [0.29, 0.717) is 5.56 Å². The van der Waals surface area contributed by atoms with Gasteiger partial charge in [0.1, 0.15) is 6.10 Å². The lowest BCUT2D eigenvalue weighted by Crippen LogP contribution is -2.07. The average Bonchev–Trinajstić information content (AvgIpc) is 2.17. The Bertz CT molecular complexity index is 319. The number of aliphatic hydroxyl groups excluding tert-OH is 1. The van der Waals surface area contributed by atoms with E-state index < -0.39 is 6.10 Å². The average molecular weight is 177 g/mol. The summed E-state index contributed by atoms with van der Waals surface area (Å²) in [5.41, 5.74) is 0.835. The highest BCUT2D eigenvalue weighted by Crippen LogP contribution is 2.19. The van der Waals surface area contributed by atoms with Crippen molar-refractivity contribution >= 4 is 5.78 Å². The molecule has 1 atom stereocenters. The summed E-state index contributed by atoms with van der Waals surface area (Å²) in [4.78, 5) is 14.7. The third-order valence-electron chi connectivity index (χ3n) is 1.80. The van der Waals surface area contributed by atoms with Crippen molar-refractivity contribution in [3.63, 3.8) is 0 Å². The summed E-state index contributed by atoms with van der Waals surface area (Å²) in [7, 11) is 0. The molecule has 0 aromatic carbocycles. The first kappa shape index (κ1) is 9.61. The van der Waals surface area contributed by atoms with Gasteiger partial charge >= 0.3 is 0 Å². The topological polar surface area (TPSA) is 50.2 Å². The van der Waals surface area contributed by atoms with E-state index in [4.69, 9.17) is 0 Å². The van der Waals surface area contributed by atoms with Crippen LogP contribution in [0.25, 0.3) is 0 Å². The third kappa shape index (κ3) is 2.23. The maximum absolute atomic E-state index is 10.9. The maximum atomic E-state index is 10.9. The summed E-state index contributed by atoms with van der Waals surface area (Å²) in [6.07, 6.45) is 2.21. The van der Waals surface area contributed by atoms with Crippen molar-refractivity contribution in [2.75, 3.05) is 0 Å². The second-order valence-corrected chi connectivity index (χ2v) is 2.76. The Morgan fingerprint density at radius 2 is 2.08 bits per heavy atom. The fourth-order valence-electron chi connectivity index (χ4n) is 0.939. The first-order valence-corrected chi connectivity index (χ1v) is 3.90. The van der Waals surface area contributed by atoms with Crippen molar-refractivity contribution in [3.05, 3.63) is 42.2 Å². The summed E-state index contributed by atoms with van der Waals surface area (Å²) in [6.45, 7) is 4.89. The van der Waals surface area contributed by atoms with E-state index in [2.05, 4.69) is 11.6 Å². The van der Waals surface area contributed by atoms with Crippen LogP contribution in [0.15, 0.2) is 36.7 Å². The Balaban J connectivity index is 2.86. The Morgan fingerprint density at radius 3 is 2.54 bits per heavy atom. The molecule has 0 radical (unpaired) electrons. The molecule has 1 heterocycles. The first-order chi connectivity index (χ1) is 6.13. The van der Waals surface area contributed by atoms with Crippen LogP contribution in [0.5, 0.6) is 0 Å². The van der Waals surface area contributed by atoms with Gasteiger partial charge in [0.25, 0.3) is 0 Å². The van der Waals surface area contributed by atoms with Gasteiger partial charge < -0.3 is 5.11 Å². The molecule has 0 bridgehead atoms. The third-order valence-corrected chi connectivity index (χ3v) is 1.80. The van der Waals surface area contributed by atoms with Crippen molar-refractivity contribution in [2.45, 2.75) is 13.0 Å². The number of carbonyl (C=O) groups excluding carboxylic acids is 1. The molecule has 3 nitrogen and oxygen atoms in total. The lowest BCUT2D eigenvalue weighted by atomic mass is 10.0. The molecule has 0 spiro atoms. The summed E-state index contributed by atoms with van der Waals surface area (Å²) < 4.78 is 0. The molecule has 0 aliphatic heterocycles. The first-order valence-electron chi connectivity index (χ1n) is 3.90. The summed E-state index contributed by atoms with van der Waals surface area (Å²) in [6, 6.07) is 3.30. The van der Waals surface area contributed by atoms with Crippen LogP contribution in [0.3, 0.4) is 0 Å². The van der Waals surface area contributed by atoms with Crippen LogP contribution in [0, 0.1) is 0 Å². The highest BCUT2D eigenvalue weighted by Gasteiger charge is 2.14. The smallest absolute Gasteiger partial charge is 0.158 e. The second-order valence-electron chi connectivity index (χ2n) is 2.76. The van der Waals surface area contributed by atoms with E-state index in [-0.39, 0.29) is 11.4 Å². The predicted octanol–water partition coefficient (Wildman–Crippen LogP) is 1.26. The number of hydrogen-bond acceptors (Lipinski definition) is 3. The van der Waals surface area contributed by atoms with Crippen LogP contribution >= 0.6 is 0 Å². The predicted molar refractivity (Wildman–Crippen MR) is 49.0 cm³/mol. The highest BCUT2D eigenvalue weighted by atomic mass is 16.3. The lowest BCUT2D eigenvalue weighted by molar-refractivity contribution is -0.114. The number of nitrogens with zero attached hydrogens (tertiary/aromatic N) is 1. The Morgan fingerprint density at radius 1 is 1.54 bits per heavy atom. The number of rotatable bonds is 3. The molecule has 1 aromatic rings. The molecule has 0 saturated heterocycles. The molecule has 1 N–H and O–H groups in total. The van der Waals surface area contributed by atoms with Crippen molar-refractivity contribution in [1.82, 2.24) is 4.98 Å². The van der Waals surface area contributed by atoms with Crippen LogP contribution in [-0.2, 0) is 4.79 Å². The van der Waals surface area contributed by atoms with Crippen molar-refractivity contribution in [2.24, 2.45) is 0 Å². The summed E-state index contributed by atoms with van der Waals surface area (Å²) in [5, 5.41) is 9.61. The molecule has 1 aromatic heterocycles. The molecule has 68 valence electrons. The molecule has 0 aliphatic carbocycles. The van der Waals surface area contributed by atoms with Gasteiger partial charge in [0.2, 0.25) is 0 Å². The van der Waals surface area contributed by atoms with Crippen LogP contribution in [-0.4, -0.2) is 15.9 Å². The molecule has 1 unspecified atom stereocenters. The van der Waals surface area contributed by atoms with Crippen molar-refractivity contribution < 1.29 is 9.90 Å². The normalized spacial score (nSPS) is 12.2. The number of aliphatic hydroxyl groups is 1. The van der Waals surface area contributed by atoms with Gasteiger partial charge in [-0.2, -0.15) is 0 Å². The lowest BCUT2D eigenvalue weighted by Gasteiger charge is -2.10. The number of ketones is 1. The van der Waals surface area contributed by atoms with E-state index in [1.54, 1.807) is 24.5 Å². The number of hydrogen-bond donors (Lipinski definition) is 1. The molecule has 1 rings (SSSR count). The van der Waals surface area contributed by atoms with Gasteiger partial charge in [0, 0.05) is 18.0 Å². The number of pyridine rings is 1. The van der Waals surface area contributed by atoms with E-state index >= 15 is 0 Å². The van der Waals surface area contributed by atoms with Gasteiger partial charge in [-0.25, -0.2) is 0 Å². The van der Waals surface area contributed by atoms with Gasteiger partial charge in [0.15, 0.2) is 5.78 Å². The zero-order valence-electron chi connectivity index (χ0n) is 7.40. The van der Waals surface area contributed by atoms with Gasteiger partial charge in [-0.05, 0) is 24.6 Å². The monoisotopic (exact) mass is 177 g/mol. The van der Waals surface area contributed by atoms with Crippen LogP contribution in [0.1, 0.15) is 18.6 Å². The molecule has 0 aliphatic rings. The van der Waals surface area contributed by atoms with Crippen LogP contribution < -0.4 is 0 Å². The zero-order valence-corrected chi connectivity index (χ0v) is 7.40. The van der Waals surface area contributed by atoms with Crippen LogP contribution in [0.4, 0.5) is 0 Å². The molecule has 0 amide bonds. The van der Waals surface area contributed by atoms with E-state index in [1.165, 1.54) is 6.92 Å². The van der Waals surface area contributed by atoms with E-state index in [1.807, 2.05) is 0 Å². The largest absolute Gasteiger partial charge is 0.384 e. The fraction of sp³-hybridized carbons (Fsp3) is 0.200. The number of carbonyl (C=O) groups is 1. The van der Waals surface area contributed by atoms with E-state index in [9.17, 15) is 9.90 Å². The van der Waals surface area contributed by atoms with Gasteiger partial charge in [-0.3, -0.25) is 9.78 Å². The summed E-state index contributed by atoms with van der Waals surface area (Å²) in [5.74, 6) is -0.204. The summed E-state index contributed by atoms with van der Waals surface area (Å²) >= 11 is 0. The van der Waals surface area contributed by atoms with Crippen molar-refractivity contribution in [3.8, 4) is 0 Å². The van der Waals surface area contributed by atoms with Crippen LogP contribution in [0.2, 0.25) is 0 Å². The zero-order chi connectivity index (χ0) is 9.84. The van der Waals surface area contributed by atoms with Gasteiger partial charge in [-0.15, -0.1) is 0 Å². The molecular formula is C10H11NO2. The minimum atomic E-state index is -0.916. The minimum Gasteiger partial charge on any atom is -0.384 e. The Hall–Kier alpha value is -1.48. The Labute approximate surface area is 76.7 Å². The quantitative estimate of drug-likeness (QED) is 0.707. The van der Waals surface area contributed by atoms with Gasteiger partial charge in [0.05, 0.1) is 0 Å². The van der Waals surface area contributed by atoms with Gasteiger partial charge in [-0.1, -0.05) is 6.58 Å². The molecule has 13 heavy (non-hydrogen) atoms. The molecular weight excluding hydrogens is 166 g/mol. The number of aromatic nitrogens is 1. The minimum absolute atomic E-state index is 0.200.